The third kappa shape index (κ3) is 1.03. The summed E-state index contributed by atoms with van der Waals surface area (Å²) in [4.78, 5) is 10.3. The Bertz CT molecular complexity index is 105. The largest absolute Gasteiger partial charge is 0.281 e. The quantitative estimate of drug-likeness (QED) is 0.498. The van der Waals surface area contributed by atoms with Gasteiger partial charge in [0, 0.05) is 5.92 Å². The molecule has 0 aliphatic heterocycles. The first-order chi connectivity index (χ1) is 3.70. The van der Waals surface area contributed by atoms with Gasteiger partial charge in [0.2, 0.25) is 5.24 Å². The third-order valence-corrected chi connectivity index (χ3v) is 2.00. The van der Waals surface area contributed by atoms with Crippen LogP contribution in [0, 0.1) is 11.8 Å². The lowest BCUT2D eigenvalue weighted by Crippen LogP contribution is -2.25. The summed E-state index contributed by atoms with van der Waals surface area (Å²) in [7, 11) is 0. The first-order valence-electron chi connectivity index (χ1n) is 2.89. The van der Waals surface area contributed by atoms with Crippen LogP contribution in [-0.2, 0) is 4.79 Å². The lowest BCUT2D eigenvalue weighted by Gasteiger charge is -2.28. The fourth-order valence-electron chi connectivity index (χ4n) is 1.09. The molecule has 1 fully saturated rings. The van der Waals surface area contributed by atoms with E-state index in [0.717, 1.165) is 18.8 Å². The lowest BCUT2D eigenvalue weighted by atomic mass is 9.77. The van der Waals surface area contributed by atoms with Crippen LogP contribution in [0.2, 0.25) is 0 Å². The zero-order valence-electron chi connectivity index (χ0n) is 4.86. The molecule has 0 atom stereocenters. The van der Waals surface area contributed by atoms with Crippen LogP contribution in [0.4, 0.5) is 0 Å². The van der Waals surface area contributed by atoms with Crippen molar-refractivity contribution in [3.63, 3.8) is 0 Å². The molecule has 1 nitrogen and oxygen atoms in total. The van der Waals surface area contributed by atoms with Gasteiger partial charge in [-0.05, 0) is 30.4 Å². The zero-order chi connectivity index (χ0) is 6.15. The van der Waals surface area contributed by atoms with Crippen LogP contribution >= 0.6 is 11.6 Å². The Morgan fingerprint density at radius 2 is 2.12 bits per heavy atom. The highest BCUT2D eigenvalue weighted by Crippen LogP contribution is 2.34. The summed E-state index contributed by atoms with van der Waals surface area (Å²) < 4.78 is 0. The molecule has 1 aliphatic rings. The Balaban J connectivity index is 2.25. The Morgan fingerprint density at radius 3 is 2.25 bits per heavy atom. The zero-order valence-corrected chi connectivity index (χ0v) is 5.61. The van der Waals surface area contributed by atoms with Crippen molar-refractivity contribution in [1.29, 1.82) is 0 Å². The Morgan fingerprint density at radius 1 is 1.62 bits per heavy atom. The summed E-state index contributed by atoms with van der Waals surface area (Å²) in [6.07, 6.45) is 2.00. The molecule has 0 aromatic rings. The van der Waals surface area contributed by atoms with E-state index < -0.39 is 0 Å². The number of halogens is 1. The number of rotatable bonds is 1. The molecule has 0 bridgehead atoms. The second-order valence-electron chi connectivity index (χ2n) is 2.58. The predicted octanol–water partition coefficient (Wildman–Crippen LogP) is 1.80. The summed E-state index contributed by atoms with van der Waals surface area (Å²) in [5, 5.41) is -0.150. The van der Waals surface area contributed by atoms with Gasteiger partial charge < -0.3 is 0 Å². The van der Waals surface area contributed by atoms with Crippen LogP contribution in [0.25, 0.3) is 0 Å². The van der Waals surface area contributed by atoms with Gasteiger partial charge in [0.25, 0.3) is 0 Å². The average molecular weight is 133 g/mol. The van der Waals surface area contributed by atoms with Crippen LogP contribution in [0.15, 0.2) is 0 Å². The van der Waals surface area contributed by atoms with E-state index in [0.29, 0.717) is 0 Å². The summed E-state index contributed by atoms with van der Waals surface area (Å²) in [6, 6.07) is 0. The lowest BCUT2D eigenvalue weighted by molar-refractivity contribution is -0.118. The molecule has 0 aromatic heterocycles. The average Bonchev–Trinajstić information content (AvgIpc) is 1.57. The number of hydrogen-bond acceptors (Lipinski definition) is 1. The highest BCUT2D eigenvalue weighted by molar-refractivity contribution is 6.64. The van der Waals surface area contributed by atoms with Crippen molar-refractivity contribution in [3.05, 3.63) is 0 Å². The van der Waals surface area contributed by atoms with Crippen molar-refractivity contribution < 1.29 is 4.79 Å². The maximum Gasteiger partial charge on any atom is 0.224 e. The minimum Gasteiger partial charge on any atom is -0.281 e. The molecule has 0 heterocycles. The Hall–Kier alpha value is -0.0400. The highest BCUT2D eigenvalue weighted by atomic mass is 35.5. The number of carbonyl (C=O) groups is 1. The smallest absolute Gasteiger partial charge is 0.224 e. The van der Waals surface area contributed by atoms with Crippen molar-refractivity contribution in [2.45, 2.75) is 19.8 Å². The molecule has 1 saturated carbocycles. The molecule has 46 valence electrons. The molecule has 1 rings (SSSR count). The Labute approximate surface area is 54.0 Å². The van der Waals surface area contributed by atoms with Crippen LogP contribution < -0.4 is 0 Å². The molecule has 0 unspecified atom stereocenters. The van der Waals surface area contributed by atoms with Crippen molar-refractivity contribution in [3.8, 4) is 0 Å². The molecule has 0 spiro atoms. The second kappa shape index (κ2) is 2.06. The first-order valence-corrected chi connectivity index (χ1v) is 3.27. The summed E-state index contributed by atoms with van der Waals surface area (Å²) >= 11 is 5.21. The third-order valence-electron chi connectivity index (χ3n) is 1.69. The minimum atomic E-state index is -0.150. The standard InChI is InChI=1S/C6H9ClO/c1-4-2-5(3-4)6(7)8/h4-5H,2-3H2,1H3/t4-,5-. The SMILES string of the molecule is C[C@H]1C[C@H](C(=O)Cl)C1. The van der Waals surface area contributed by atoms with Crippen molar-refractivity contribution >= 4 is 16.8 Å². The van der Waals surface area contributed by atoms with Crippen LogP contribution in [-0.4, -0.2) is 5.24 Å². The van der Waals surface area contributed by atoms with Gasteiger partial charge in [0.1, 0.15) is 0 Å². The normalized spacial score (nSPS) is 36.2. The van der Waals surface area contributed by atoms with Crippen LogP contribution in [0.3, 0.4) is 0 Å². The van der Waals surface area contributed by atoms with E-state index in [1.54, 1.807) is 0 Å². The molecule has 8 heavy (non-hydrogen) atoms. The highest BCUT2D eigenvalue weighted by Gasteiger charge is 2.29. The van der Waals surface area contributed by atoms with Crippen molar-refractivity contribution in [2.24, 2.45) is 11.8 Å². The molecule has 0 aromatic carbocycles. The molecule has 0 amide bonds. The minimum absolute atomic E-state index is 0.150. The van der Waals surface area contributed by atoms with E-state index in [1.165, 1.54) is 0 Å². The van der Waals surface area contributed by atoms with E-state index in [9.17, 15) is 4.79 Å². The van der Waals surface area contributed by atoms with Gasteiger partial charge in [0.15, 0.2) is 0 Å². The van der Waals surface area contributed by atoms with E-state index in [2.05, 4.69) is 6.92 Å². The summed E-state index contributed by atoms with van der Waals surface area (Å²) in [6.45, 7) is 2.14. The van der Waals surface area contributed by atoms with Gasteiger partial charge in [-0.2, -0.15) is 0 Å². The molecular formula is C6H9ClO. The van der Waals surface area contributed by atoms with E-state index in [4.69, 9.17) is 11.6 Å². The van der Waals surface area contributed by atoms with Gasteiger partial charge in [-0.15, -0.1) is 0 Å². The summed E-state index contributed by atoms with van der Waals surface area (Å²) in [5.74, 6) is 0.911. The van der Waals surface area contributed by atoms with Gasteiger partial charge in [-0.25, -0.2) is 0 Å². The maximum absolute atomic E-state index is 10.3. The fraction of sp³-hybridized carbons (Fsp3) is 0.833. The monoisotopic (exact) mass is 132 g/mol. The summed E-state index contributed by atoms with van der Waals surface area (Å²) in [5.41, 5.74) is 0. The number of hydrogen-bond donors (Lipinski definition) is 0. The van der Waals surface area contributed by atoms with Gasteiger partial charge >= 0.3 is 0 Å². The maximum atomic E-state index is 10.3. The topological polar surface area (TPSA) is 17.1 Å². The van der Waals surface area contributed by atoms with Crippen LogP contribution in [0.1, 0.15) is 19.8 Å². The molecule has 0 saturated heterocycles. The molecule has 2 heteroatoms. The first kappa shape index (κ1) is 6.09. The predicted molar refractivity (Wildman–Crippen MR) is 32.7 cm³/mol. The second-order valence-corrected chi connectivity index (χ2v) is 2.95. The van der Waals surface area contributed by atoms with E-state index in [1.807, 2.05) is 0 Å². The molecule has 1 aliphatic carbocycles. The van der Waals surface area contributed by atoms with Gasteiger partial charge in [0.05, 0.1) is 0 Å². The van der Waals surface area contributed by atoms with Gasteiger partial charge in [-0.1, -0.05) is 6.92 Å². The fourth-order valence-corrected chi connectivity index (χ4v) is 1.27. The van der Waals surface area contributed by atoms with Gasteiger partial charge in [-0.3, -0.25) is 4.79 Å². The van der Waals surface area contributed by atoms with E-state index in [-0.39, 0.29) is 11.2 Å². The van der Waals surface area contributed by atoms with Crippen molar-refractivity contribution in [2.75, 3.05) is 0 Å². The molecular weight excluding hydrogens is 124 g/mol. The van der Waals surface area contributed by atoms with Crippen LogP contribution in [0.5, 0.6) is 0 Å². The molecule has 0 N–H and O–H groups in total. The molecule has 0 radical (unpaired) electrons. The van der Waals surface area contributed by atoms with E-state index >= 15 is 0 Å². The Kier molecular flexibility index (Phi) is 1.57. The van der Waals surface area contributed by atoms with Crippen molar-refractivity contribution in [1.82, 2.24) is 0 Å². The number of carbonyl (C=O) groups excluding carboxylic acids is 1.